The Morgan fingerprint density at radius 3 is 2.39 bits per heavy atom. The van der Waals surface area contributed by atoms with Gasteiger partial charge in [0.1, 0.15) is 5.82 Å². The van der Waals surface area contributed by atoms with Crippen LogP contribution in [-0.4, -0.2) is 48.2 Å². The van der Waals surface area contributed by atoms with E-state index in [9.17, 15) is 0 Å². The number of rotatable bonds is 2. The molecule has 0 unspecified atom stereocenters. The van der Waals surface area contributed by atoms with Crippen LogP contribution in [0, 0.1) is 0 Å². The smallest absolute Gasteiger partial charge is 0.227 e. The standard InChI is InChI=1S/C18H25N5/c1-13-11-23(12-14(2)19-13)17-15-7-3-4-8-16(15)20-18(21-17)22-9-5-6-10-22/h3-4,7-8,13-14,19H,5-6,9-12H2,1-2H3/t13-,14-/m1/s1. The lowest BCUT2D eigenvalue weighted by atomic mass is 10.1. The summed E-state index contributed by atoms with van der Waals surface area (Å²) in [5.74, 6) is 1.99. The van der Waals surface area contributed by atoms with Gasteiger partial charge in [0.25, 0.3) is 0 Å². The molecule has 2 atom stereocenters. The molecule has 5 heteroatoms. The Hall–Kier alpha value is -1.88. The summed E-state index contributed by atoms with van der Waals surface area (Å²) in [4.78, 5) is 14.6. The van der Waals surface area contributed by atoms with E-state index in [1.165, 1.54) is 12.8 Å². The van der Waals surface area contributed by atoms with Gasteiger partial charge in [-0.1, -0.05) is 12.1 Å². The molecule has 0 spiro atoms. The van der Waals surface area contributed by atoms with E-state index in [-0.39, 0.29) is 0 Å². The van der Waals surface area contributed by atoms with Crippen molar-refractivity contribution in [2.24, 2.45) is 0 Å². The summed E-state index contributed by atoms with van der Waals surface area (Å²) in [5.41, 5.74) is 1.05. The second-order valence-electron chi connectivity index (χ2n) is 6.93. The van der Waals surface area contributed by atoms with Crippen LogP contribution in [-0.2, 0) is 0 Å². The van der Waals surface area contributed by atoms with Crippen LogP contribution in [0.4, 0.5) is 11.8 Å². The van der Waals surface area contributed by atoms with Gasteiger partial charge in [0, 0.05) is 43.6 Å². The van der Waals surface area contributed by atoms with E-state index in [0.717, 1.165) is 48.8 Å². The second kappa shape index (κ2) is 5.96. The lowest BCUT2D eigenvalue weighted by molar-refractivity contribution is 0.406. The number of hydrogen-bond donors (Lipinski definition) is 1. The molecule has 1 aromatic heterocycles. The molecule has 3 heterocycles. The van der Waals surface area contributed by atoms with Gasteiger partial charge in [-0.15, -0.1) is 0 Å². The first-order chi connectivity index (χ1) is 11.2. The third kappa shape index (κ3) is 2.85. The highest BCUT2D eigenvalue weighted by molar-refractivity contribution is 5.90. The Bertz CT molecular complexity index is 685. The van der Waals surface area contributed by atoms with E-state index in [0.29, 0.717) is 12.1 Å². The maximum atomic E-state index is 4.99. The minimum Gasteiger partial charge on any atom is -0.353 e. The Labute approximate surface area is 137 Å². The number of aromatic nitrogens is 2. The second-order valence-corrected chi connectivity index (χ2v) is 6.93. The number of benzene rings is 1. The average Bonchev–Trinajstić information content (AvgIpc) is 3.07. The number of anilines is 2. The molecule has 0 saturated carbocycles. The molecule has 2 aromatic rings. The molecule has 2 aliphatic rings. The Balaban J connectivity index is 1.79. The van der Waals surface area contributed by atoms with Crippen LogP contribution in [0.1, 0.15) is 26.7 Å². The van der Waals surface area contributed by atoms with Crippen molar-refractivity contribution in [3.05, 3.63) is 24.3 Å². The fourth-order valence-corrected chi connectivity index (χ4v) is 3.85. The van der Waals surface area contributed by atoms with E-state index < -0.39 is 0 Å². The van der Waals surface area contributed by atoms with Gasteiger partial charge in [-0.05, 0) is 38.8 Å². The van der Waals surface area contributed by atoms with Crippen LogP contribution in [0.15, 0.2) is 24.3 Å². The van der Waals surface area contributed by atoms with Crippen molar-refractivity contribution < 1.29 is 0 Å². The zero-order valence-corrected chi connectivity index (χ0v) is 14.0. The monoisotopic (exact) mass is 311 g/mol. The molecule has 5 nitrogen and oxygen atoms in total. The molecule has 1 aromatic carbocycles. The highest BCUT2D eigenvalue weighted by Crippen LogP contribution is 2.29. The molecule has 0 amide bonds. The molecule has 2 aliphatic heterocycles. The van der Waals surface area contributed by atoms with Crippen molar-refractivity contribution in [1.82, 2.24) is 15.3 Å². The van der Waals surface area contributed by atoms with E-state index in [2.05, 4.69) is 53.2 Å². The van der Waals surface area contributed by atoms with Gasteiger partial charge in [0.15, 0.2) is 0 Å². The number of nitrogens with zero attached hydrogens (tertiary/aromatic N) is 4. The quantitative estimate of drug-likeness (QED) is 0.923. The Kier molecular flexibility index (Phi) is 3.81. The van der Waals surface area contributed by atoms with Crippen LogP contribution in [0.5, 0.6) is 0 Å². The number of para-hydroxylation sites is 1. The summed E-state index contributed by atoms with van der Waals surface area (Å²) in [6.45, 7) is 8.62. The van der Waals surface area contributed by atoms with Crippen molar-refractivity contribution in [1.29, 1.82) is 0 Å². The number of piperazine rings is 1. The average molecular weight is 311 g/mol. The van der Waals surface area contributed by atoms with Crippen LogP contribution in [0.3, 0.4) is 0 Å². The van der Waals surface area contributed by atoms with E-state index in [1.807, 2.05) is 0 Å². The minimum absolute atomic E-state index is 0.475. The van der Waals surface area contributed by atoms with E-state index in [4.69, 9.17) is 9.97 Å². The lowest BCUT2D eigenvalue weighted by Crippen LogP contribution is -2.54. The molecule has 2 saturated heterocycles. The maximum absolute atomic E-state index is 4.99. The molecule has 122 valence electrons. The highest BCUT2D eigenvalue weighted by atomic mass is 15.3. The fourth-order valence-electron chi connectivity index (χ4n) is 3.85. The van der Waals surface area contributed by atoms with Gasteiger partial charge >= 0.3 is 0 Å². The fraction of sp³-hybridized carbons (Fsp3) is 0.556. The predicted molar refractivity (Wildman–Crippen MR) is 95.3 cm³/mol. The number of hydrogen-bond acceptors (Lipinski definition) is 5. The Morgan fingerprint density at radius 2 is 1.65 bits per heavy atom. The Morgan fingerprint density at radius 1 is 0.957 bits per heavy atom. The van der Waals surface area contributed by atoms with Gasteiger partial charge in [-0.3, -0.25) is 0 Å². The van der Waals surface area contributed by atoms with Crippen molar-refractivity contribution in [2.45, 2.75) is 38.8 Å². The first kappa shape index (κ1) is 14.7. The molecule has 4 rings (SSSR count). The summed E-state index contributed by atoms with van der Waals surface area (Å²) in [6, 6.07) is 9.35. The molecule has 0 aliphatic carbocycles. The summed E-state index contributed by atoms with van der Waals surface area (Å²) < 4.78 is 0. The molecule has 2 fully saturated rings. The zero-order chi connectivity index (χ0) is 15.8. The summed E-state index contributed by atoms with van der Waals surface area (Å²) in [6.07, 6.45) is 2.49. The van der Waals surface area contributed by atoms with Crippen LogP contribution in [0.25, 0.3) is 10.9 Å². The van der Waals surface area contributed by atoms with Crippen molar-refractivity contribution in [2.75, 3.05) is 36.0 Å². The zero-order valence-electron chi connectivity index (χ0n) is 14.0. The largest absolute Gasteiger partial charge is 0.353 e. The summed E-state index contributed by atoms with van der Waals surface area (Å²) in [7, 11) is 0. The van der Waals surface area contributed by atoms with Crippen molar-refractivity contribution in [3.8, 4) is 0 Å². The third-order valence-corrected chi connectivity index (χ3v) is 4.82. The van der Waals surface area contributed by atoms with Gasteiger partial charge < -0.3 is 15.1 Å². The molecule has 0 radical (unpaired) electrons. The molecular weight excluding hydrogens is 286 g/mol. The highest BCUT2D eigenvalue weighted by Gasteiger charge is 2.25. The molecule has 23 heavy (non-hydrogen) atoms. The van der Waals surface area contributed by atoms with E-state index in [1.54, 1.807) is 0 Å². The maximum Gasteiger partial charge on any atom is 0.227 e. The van der Waals surface area contributed by atoms with Gasteiger partial charge in [-0.2, -0.15) is 4.98 Å². The first-order valence-corrected chi connectivity index (χ1v) is 8.73. The summed E-state index contributed by atoms with van der Waals surface area (Å²) >= 11 is 0. The van der Waals surface area contributed by atoms with Crippen molar-refractivity contribution in [3.63, 3.8) is 0 Å². The van der Waals surface area contributed by atoms with Crippen LogP contribution < -0.4 is 15.1 Å². The molecular formula is C18H25N5. The van der Waals surface area contributed by atoms with Gasteiger partial charge in [0.05, 0.1) is 5.52 Å². The van der Waals surface area contributed by atoms with Gasteiger partial charge in [-0.25, -0.2) is 4.98 Å². The first-order valence-electron chi connectivity index (χ1n) is 8.73. The lowest BCUT2D eigenvalue weighted by Gasteiger charge is -2.37. The molecule has 0 bridgehead atoms. The number of fused-ring (bicyclic) bond motifs is 1. The SMILES string of the molecule is C[C@@H]1CN(c2nc(N3CCCC3)nc3ccccc23)C[C@@H](C)N1. The van der Waals surface area contributed by atoms with Crippen molar-refractivity contribution >= 4 is 22.7 Å². The van der Waals surface area contributed by atoms with Crippen LogP contribution >= 0.6 is 0 Å². The molecule has 1 N–H and O–H groups in total. The topological polar surface area (TPSA) is 44.3 Å². The van der Waals surface area contributed by atoms with Gasteiger partial charge in [0.2, 0.25) is 5.95 Å². The normalized spacial score (nSPS) is 25.3. The van der Waals surface area contributed by atoms with E-state index >= 15 is 0 Å². The van der Waals surface area contributed by atoms with Crippen LogP contribution in [0.2, 0.25) is 0 Å². The third-order valence-electron chi connectivity index (χ3n) is 4.82. The predicted octanol–water partition coefficient (Wildman–Crippen LogP) is 2.42. The summed E-state index contributed by atoms with van der Waals surface area (Å²) in [5, 5.41) is 4.76. The number of nitrogens with one attached hydrogen (secondary N) is 1. The minimum atomic E-state index is 0.475.